The van der Waals surface area contributed by atoms with Gasteiger partial charge in [0.2, 0.25) is 0 Å². The average molecular weight is 326 g/mol. The summed E-state index contributed by atoms with van der Waals surface area (Å²) in [7, 11) is 0. The quantitative estimate of drug-likeness (QED) is 0.799. The van der Waals surface area contributed by atoms with Gasteiger partial charge in [-0.05, 0) is 38.0 Å². The molecule has 1 N–H and O–H groups in total. The van der Waals surface area contributed by atoms with Crippen LogP contribution in [0.25, 0.3) is 5.57 Å². The normalized spacial score (nSPS) is 17.6. The summed E-state index contributed by atoms with van der Waals surface area (Å²) in [6.45, 7) is 13.8. The minimum Gasteiger partial charge on any atom is -0.372 e. The molecule has 3 heteroatoms. The second-order valence-electron chi connectivity index (χ2n) is 5.97. The molecule has 0 spiro atoms. The van der Waals surface area contributed by atoms with Gasteiger partial charge in [-0.2, -0.15) is 0 Å². The fraction of sp³-hybridized carbons (Fsp3) is 0.333. The van der Waals surface area contributed by atoms with Crippen molar-refractivity contribution < 1.29 is 4.39 Å². The molecule has 0 aliphatic carbocycles. The Hall–Kier alpha value is -2.13. The number of rotatable bonds is 5. The molecule has 0 atom stereocenters. The van der Waals surface area contributed by atoms with E-state index in [2.05, 4.69) is 30.6 Å². The summed E-state index contributed by atoms with van der Waals surface area (Å²) in [5.74, 6) is -0.192. The smallest absolute Gasteiger partial charge is 0.131 e. The molecule has 0 unspecified atom stereocenters. The van der Waals surface area contributed by atoms with Crippen molar-refractivity contribution in [2.45, 2.75) is 20.8 Å². The Balaban J connectivity index is 2.59. The Labute approximate surface area is 145 Å². The second kappa shape index (κ2) is 8.65. The molecule has 1 fully saturated rings. The zero-order chi connectivity index (χ0) is 17.5. The summed E-state index contributed by atoms with van der Waals surface area (Å²) in [5.41, 5.74) is 4.94. The molecule has 0 saturated carbocycles. The van der Waals surface area contributed by atoms with Gasteiger partial charge in [0.05, 0.1) is 0 Å². The van der Waals surface area contributed by atoms with Gasteiger partial charge in [0, 0.05) is 43.0 Å². The van der Waals surface area contributed by atoms with Gasteiger partial charge >= 0.3 is 0 Å². The molecule has 1 aromatic rings. The molecule has 0 radical (unpaired) electrons. The number of halogens is 1. The molecule has 0 bridgehead atoms. The zero-order valence-electron chi connectivity index (χ0n) is 14.9. The highest BCUT2D eigenvalue weighted by atomic mass is 19.1. The zero-order valence-corrected chi connectivity index (χ0v) is 14.9. The topological polar surface area (TPSA) is 15.3 Å². The van der Waals surface area contributed by atoms with Gasteiger partial charge in [-0.1, -0.05) is 43.0 Å². The molecular formula is C21H27FN2. The molecule has 1 aromatic carbocycles. The van der Waals surface area contributed by atoms with Crippen molar-refractivity contribution in [3.8, 4) is 0 Å². The largest absolute Gasteiger partial charge is 0.372 e. The maximum absolute atomic E-state index is 14.4. The predicted octanol–water partition coefficient (Wildman–Crippen LogP) is 4.54. The van der Waals surface area contributed by atoms with Crippen molar-refractivity contribution in [2.24, 2.45) is 0 Å². The van der Waals surface area contributed by atoms with Crippen LogP contribution in [0.2, 0.25) is 0 Å². The highest BCUT2D eigenvalue weighted by molar-refractivity contribution is 5.84. The van der Waals surface area contributed by atoms with Gasteiger partial charge in [0.25, 0.3) is 0 Å². The Morgan fingerprint density at radius 2 is 1.88 bits per heavy atom. The number of piperazine rings is 1. The van der Waals surface area contributed by atoms with Gasteiger partial charge in [-0.3, -0.25) is 0 Å². The van der Waals surface area contributed by atoms with Crippen LogP contribution in [0.3, 0.4) is 0 Å². The molecule has 0 aromatic heterocycles. The molecule has 1 aliphatic heterocycles. The minimum absolute atomic E-state index is 0.192. The molecule has 2 rings (SSSR count). The lowest BCUT2D eigenvalue weighted by Crippen LogP contribution is -2.42. The number of hydrogen-bond donors (Lipinski definition) is 1. The first-order chi connectivity index (χ1) is 11.6. The minimum atomic E-state index is -0.192. The molecule has 1 heterocycles. The Morgan fingerprint density at radius 3 is 2.46 bits per heavy atom. The van der Waals surface area contributed by atoms with Crippen LogP contribution in [-0.4, -0.2) is 31.1 Å². The number of nitrogens with zero attached hydrogens (tertiary/aromatic N) is 1. The highest BCUT2D eigenvalue weighted by Gasteiger charge is 2.19. The van der Waals surface area contributed by atoms with E-state index in [0.717, 1.165) is 42.9 Å². The van der Waals surface area contributed by atoms with Crippen molar-refractivity contribution in [1.29, 1.82) is 0 Å². The summed E-state index contributed by atoms with van der Waals surface area (Å²) in [6, 6.07) is 6.97. The summed E-state index contributed by atoms with van der Waals surface area (Å²) >= 11 is 0. The molecule has 128 valence electrons. The highest BCUT2D eigenvalue weighted by Crippen LogP contribution is 2.33. The fourth-order valence-electron chi connectivity index (χ4n) is 3.23. The van der Waals surface area contributed by atoms with Crippen LogP contribution < -0.4 is 5.32 Å². The average Bonchev–Trinajstić information content (AvgIpc) is 2.61. The third kappa shape index (κ3) is 4.04. The summed E-state index contributed by atoms with van der Waals surface area (Å²) in [6.07, 6.45) is 5.78. The number of nitrogens with one attached hydrogen (secondary N) is 1. The summed E-state index contributed by atoms with van der Waals surface area (Å²) < 4.78 is 14.4. The number of hydrogen-bond acceptors (Lipinski definition) is 2. The summed E-state index contributed by atoms with van der Waals surface area (Å²) in [4.78, 5) is 2.37. The first kappa shape index (κ1) is 18.2. The molecule has 24 heavy (non-hydrogen) atoms. The van der Waals surface area contributed by atoms with Crippen molar-refractivity contribution in [1.82, 2.24) is 10.2 Å². The van der Waals surface area contributed by atoms with Crippen LogP contribution in [0.15, 0.2) is 65.9 Å². The monoisotopic (exact) mass is 326 g/mol. The maximum atomic E-state index is 14.4. The molecule has 1 saturated heterocycles. The Kier molecular flexibility index (Phi) is 6.56. The van der Waals surface area contributed by atoms with Crippen molar-refractivity contribution in [3.63, 3.8) is 0 Å². The molecular weight excluding hydrogens is 299 g/mol. The maximum Gasteiger partial charge on any atom is 0.131 e. The van der Waals surface area contributed by atoms with E-state index < -0.39 is 0 Å². The lowest BCUT2D eigenvalue weighted by Gasteiger charge is -2.32. The van der Waals surface area contributed by atoms with E-state index in [0.29, 0.717) is 5.56 Å². The van der Waals surface area contributed by atoms with Gasteiger partial charge in [0.1, 0.15) is 5.82 Å². The standard InChI is InChI=1S/C21H27FN2/c1-5-9-16(3)21(17(4)24-14-12-23-13-15-24)18(6-2)19-10-7-8-11-20(19)22/h5-11,23H,1,12-15H2,2-4H3/b16-9-,18-6-,21-17-. The van der Waals surface area contributed by atoms with Gasteiger partial charge < -0.3 is 10.2 Å². The molecule has 2 nitrogen and oxygen atoms in total. The van der Waals surface area contributed by atoms with E-state index >= 15 is 0 Å². The van der Waals surface area contributed by atoms with Crippen molar-refractivity contribution >= 4 is 5.57 Å². The van der Waals surface area contributed by atoms with Crippen LogP contribution in [-0.2, 0) is 0 Å². The van der Waals surface area contributed by atoms with Gasteiger partial charge in [-0.25, -0.2) is 4.39 Å². The van der Waals surface area contributed by atoms with E-state index in [4.69, 9.17) is 0 Å². The summed E-state index contributed by atoms with van der Waals surface area (Å²) in [5, 5.41) is 3.38. The first-order valence-corrected chi connectivity index (χ1v) is 8.48. The predicted molar refractivity (Wildman–Crippen MR) is 101 cm³/mol. The lowest BCUT2D eigenvalue weighted by molar-refractivity contribution is 0.298. The van der Waals surface area contributed by atoms with Crippen molar-refractivity contribution in [3.05, 3.63) is 77.3 Å². The first-order valence-electron chi connectivity index (χ1n) is 8.48. The van der Waals surface area contributed by atoms with Crippen LogP contribution in [0, 0.1) is 5.82 Å². The molecule has 0 amide bonds. The van der Waals surface area contributed by atoms with E-state index in [-0.39, 0.29) is 5.82 Å². The van der Waals surface area contributed by atoms with Crippen LogP contribution in [0.1, 0.15) is 26.3 Å². The third-order valence-electron chi connectivity index (χ3n) is 4.44. The fourth-order valence-corrected chi connectivity index (χ4v) is 3.23. The number of allylic oxidation sites excluding steroid dienone is 7. The Morgan fingerprint density at radius 1 is 1.21 bits per heavy atom. The van der Waals surface area contributed by atoms with E-state index in [9.17, 15) is 4.39 Å². The second-order valence-corrected chi connectivity index (χ2v) is 5.97. The van der Waals surface area contributed by atoms with Crippen molar-refractivity contribution in [2.75, 3.05) is 26.2 Å². The molecule has 1 aliphatic rings. The van der Waals surface area contributed by atoms with Crippen LogP contribution in [0.4, 0.5) is 4.39 Å². The van der Waals surface area contributed by atoms with E-state index in [1.165, 1.54) is 11.8 Å². The van der Waals surface area contributed by atoms with E-state index in [1.54, 1.807) is 12.1 Å². The lowest BCUT2D eigenvalue weighted by atomic mass is 9.90. The Bertz CT molecular complexity index is 677. The van der Waals surface area contributed by atoms with E-state index in [1.807, 2.05) is 31.2 Å². The van der Waals surface area contributed by atoms with Gasteiger partial charge in [-0.15, -0.1) is 0 Å². The van der Waals surface area contributed by atoms with Gasteiger partial charge in [0.15, 0.2) is 0 Å². The SMILES string of the molecule is C=C\C=C(C)/C(=C(\C)N1CCNCC1)C(=C\C)/c1ccccc1F. The number of benzene rings is 1. The van der Waals surface area contributed by atoms with Crippen LogP contribution >= 0.6 is 0 Å². The van der Waals surface area contributed by atoms with Crippen LogP contribution in [0.5, 0.6) is 0 Å². The third-order valence-corrected chi connectivity index (χ3v) is 4.44.